The lowest BCUT2D eigenvalue weighted by molar-refractivity contribution is 0.0986. The van der Waals surface area contributed by atoms with Crippen molar-refractivity contribution in [2.45, 2.75) is 31.6 Å². The summed E-state index contributed by atoms with van der Waals surface area (Å²) in [7, 11) is 0. The fourth-order valence-electron chi connectivity index (χ4n) is 4.35. The molecule has 1 N–H and O–H groups in total. The first-order valence-corrected chi connectivity index (χ1v) is 13.2. The van der Waals surface area contributed by atoms with Crippen LogP contribution in [0.3, 0.4) is 0 Å². The second-order valence-electron chi connectivity index (χ2n) is 9.52. The fraction of sp³-hybridized carbons (Fsp3) is 0.167. The number of aromatic nitrogens is 2. The summed E-state index contributed by atoms with van der Waals surface area (Å²) >= 11 is 1.42. The summed E-state index contributed by atoms with van der Waals surface area (Å²) in [6, 6.07) is 20.7. The molecular weight excluding hydrogens is 512 g/mol. The van der Waals surface area contributed by atoms with Crippen LogP contribution in [0.15, 0.2) is 77.7 Å². The van der Waals surface area contributed by atoms with E-state index in [1.54, 1.807) is 18.2 Å². The Morgan fingerprint density at radius 2 is 1.95 bits per heavy atom. The van der Waals surface area contributed by atoms with Gasteiger partial charge in [-0.25, -0.2) is 9.97 Å². The highest BCUT2D eigenvalue weighted by Crippen LogP contribution is 2.47. The number of rotatable bonds is 8. The van der Waals surface area contributed by atoms with Gasteiger partial charge in [-0.1, -0.05) is 18.2 Å². The lowest BCUT2D eigenvalue weighted by atomic mass is 9.96. The number of hydrogen-bond acceptors (Lipinski definition) is 8. The Balaban J connectivity index is 1.17. The van der Waals surface area contributed by atoms with Gasteiger partial charge in [-0.3, -0.25) is 9.59 Å². The van der Waals surface area contributed by atoms with Gasteiger partial charge in [0.2, 0.25) is 0 Å². The van der Waals surface area contributed by atoms with Crippen molar-refractivity contribution in [2.24, 2.45) is 0 Å². The molecule has 0 atom stereocenters. The van der Waals surface area contributed by atoms with Gasteiger partial charge in [-0.2, -0.15) is 5.26 Å². The molecule has 5 aromatic rings. The number of anilines is 1. The third-order valence-electron chi connectivity index (χ3n) is 6.77. The van der Waals surface area contributed by atoms with Crippen LogP contribution in [-0.4, -0.2) is 21.7 Å². The molecule has 1 amide bonds. The minimum absolute atomic E-state index is 0.142. The van der Waals surface area contributed by atoms with Gasteiger partial charge in [0.15, 0.2) is 12.2 Å². The third-order valence-corrected chi connectivity index (χ3v) is 7.79. The van der Waals surface area contributed by atoms with Crippen molar-refractivity contribution in [1.82, 2.24) is 9.97 Å². The van der Waals surface area contributed by atoms with Crippen molar-refractivity contribution in [2.75, 3.05) is 5.32 Å². The van der Waals surface area contributed by atoms with Crippen LogP contribution < -0.4 is 10.1 Å². The molecule has 2 aromatic heterocycles. The number of nitrogens with zero attached hydrogens (tertiary/aromatic N) is 3. The number of nitrogens with one attached hydrogen (secondary N) is 1. The number of carbonyl (C=O) groups is 2. The highest BCUT2D eigenvalue weighted by molar-refractivity contribution is 7.18. The van der Waals surface area contributed by atoms with Gasteiger partial charge >= 0.3 is 0 Å². The monoisotopic (exact) mass is 534 g/mol. The summed E-state index contributed by atoms with van der Waals surface area (Å²) in [6.45, 7) is 1.91. The molecule has 1 fully saturated rings. The fourth-order valence-corrected chi connectivity index (χ4v) is 5.34. The van der Waals surface area contributed by atoms with Crippen LogP contribution in [0.4, 0.5) is 5.69 Å². The van der Waals surface area contributed by atoms with E-state index >= 15 is 0 Å². The van der Waals surface area contributed by atoms with E-state index in [4.69, 9.17) is 9.15 Å². The highest BCUT2D eigenvalue weighted by Gasteiger charge is 2.45. The van der Waals surface area contributed by atoms with Gasteiger partial charge in [0.05, 0.1) is 28.1 Å². The van der Waals surface area contributed by atoms with Crippen molar-refractivity contribution in [3.63, 3.8) is 0 Å². The normalized spacial score (nSPS) is 13.5. The number of Topliss-reactive ketones (excluding diaryl/α,β-unsaturated/α-hetero) is 1. The molecule has 192 valence electrons. The second kappa shape index (κ2) is 9.82. The Hall–Kier alpha value is -4.81. The maximum Gasteiger partial charge on any atom is 0.255 e. The predicted octanol–water partition coefficient (Wildman–Crippen LogP) is 6.62. The van der Waals surface area contributed by atoms with Crippen molar-refractivity contribution < 1.29 is 18.7 Å². The van der Waals surface area contributed by atoms with Crippen LogP contribution in [0, 0.1) is 18.3 Å². The summed E-state index contributed by atoms with van der Waals surface area (Å²) in [5, 5.41) is 13.2. The SMILES string of the molecule is Cc1ccc(Oc2ccc3nc(CC(=O)c4cocn4)sc3c2)cc1NC(=O)c1cccc(C2(C#N)CC2)c1. The molecule has 1 aliphatic carbocycles. The Bertz CT molecular complexity index is 1760. The van der Waals surface area contributed by atoms with Crippen LogP contribution in [0.25, 0.3) is 10.2 Å². The van der Waals surface area contributed by atoms with Crippen LogP contribution in [0.5, 0.6) is 11.5 Å². The summed E-state index contributed by atoms with van der Waals surface area (Å²) in [5.74, 6) is 0.777. The van der Waals surface area contributed by atoms with Crippen LogP contribution in [0.1, 0.15) is 49.8 Å². The molecule has 0 bridgehead atoms. The molecule has 0 unspecified atom stereocenters. The molecule has 2 heterocycles. The van der Waals surface area contributed by atoms with E-state index in [0.29, 0.717) is 27.8 Å². The van der Waals surface area contributed by atoms with E-state index in [9.17, 15) is 14.9 Å². The maximum absolute atomic E-state index is 13.1. The number of ether oxygens (including phenoxy) is 1. The maximum atomic E-state index is 13.1. The Kier molecular flexibility index (Phi) is 6.17. The van der Waals surface area contributed by atoms with Gasteiger partial charge in [0.1, 0.15) is 28.5 Å². The predicted molar refractivity (Wildman–Crippen MR) is 146 cm³/mol. The minimum Gasteiger partial charge on any atom is -0.457 e. The topological polar surface area (TPSA) is 118 Å². The molecule has 39 heavy (non-hydrogen) atoms. The third kappa shape index (κ3) is 5.02. The lowest BCUT2D eigenvalue weighted by Crippen LogP contribution is -2.14. The first-order chi connectivity index (χ1) is 18.9. The first kappa shape index (κ1) is 24.5. The van der Waals surface area contributed by atoms with Crippen molar-refractivity contribution in [3.05, 3.63) is 101 Å². The van der Waals surface area contributed by atoms with Gasteiger partial charge in [0.25, 0.3) is 5.91 Å². The van der Waals surface area contributed by atoms with Crippen molar-refractivity contribution in [1.29, 1.82) is 5.26 Å². The van der Waals surface area contributed by atoms with E-state index in [-0.39, 0.29) is 23.8 Å². The highest BCUT2D eigenvalue weighted by atomic mass is 32.1. The number of thiazole rings is 1. The zero-order chi connectivity index (χ0) is 27.0. The Morgan fingerprint density at radius 3 is 2.72 bits per heavy atom. The lowest BCUT2D eigenvalue weighted by Gasteiger charge is -2.13. The molecule has 0 aliphatic heterocycles. The zero-order valence-corrected chi connectivity index (χ0v) is 21.7. The molecule has 6 rings (SSSR count). The number of nitriles is 1. The quantitative estimate of drug-likeness (QED) is 0.222. The standard InChI is InChI=1S/C30H22N4O4S/c1-18-5-6-21(12-24(18)34-29(36)19-3-2-4-20(11-19)30(16-31)9-10-30)38-22-7-8-23-27(13-22)39-28(33-23)14-26(35)25-15-37-17-32-25/h2-8,11-13,15,17H,9-10,14H2,1H3,(H,34,36). The zero-order valence-electron chi connectivity index (χ0n) is 20.9. The van der Waals surface area contributed by atoms with Gasteiger partial charge in [0, 0.05) is 23.4 Å². The number of carbonyl (C=O) groups excluding carboxylic acids is 2. The summed E-state index contributed by atoms with van der Waals surface area (Å²) < 4.78 is 11.9. The number of aryl methyl sites for hydroxylation is 1. The van der Waals surface area contributed by atoms with Gasteiger partial charge in [-0.05, 0) is 61.2 Å². The van der Waals surface area contributed by atoms with E-state index in [1.807, 2.05) is 49.4 Å². The summed E-state index contributed by atoms with van der Waals surface area (Å²) in [6.07, 6.45) is 4.35. The number of hydrogen-bond donors (Lipinski definition) is 1. The number of fused-ring (bicyclic) bond motifs is 1. The average Bonchev–Trinajstić information content (AvgIpc) is 3.34. The summed E-state index contributed by atoms with van der Waals surface area (Å²) in [5.41, 5.74) is 3.52. The first-order valence-electron chi connectivity index (χ1n) is 12.3. The van der Waals surface area contributed by atoms with Crippen molar-refractivity contribution in [3.8, 4) is 17.6 Å². The van der Waals surface area contributed by atoms with Crippen LogP contribution in [0.2, 0.25) is 0 Å². The van der Waals surface area contributed by atoms with Crippen LogP contribution in [-0.2, 0) is 11.8 Å². The van der Waals surface area contributed by atoms with E-state index in [2.05, 4.69) is 21.4 Å². The van der Waals surface area contributed by atoms with E-state index < -0.39 is 5.41 Å². The number of amides is 1. The molecule has 8 nitrogen and oxygen atoms in total. The molecule has 1 aliphatic rings. The molecule has 0 spiro atoms. The average molecular weight is 535 g/mol. The van der Waals surface area contributed by atoms with Gasteiger partial charge in [-0.15, -0.1) is 11.3 Å². The summed E-state index contributed by atoms with van der Waals surface area (Å²) in [4.78, 5) is 33.8. The van der Waals surface area contributed by atoms with Crippen molar-refractivity contribution >= 4 is 38.9 Å². The Morgan fingerprint density at radius 1 is 1.13 bits per heavy atom. The van der Waals surface area contributed by atoms with Crippen LogP contribution >= 0.6 is 11.3 Å². The molecule has 3 aromatic carbocycles. The molecule has 0 radical (unpaired) electrons. The second-order valence-corrected chi connectivity index (χ2v) is 10.6. The minimum atomic E-state index is -0.452. The number of ketones is 1. The van der Waals surface area contributed by atoms with E-state index in [0.717, 1.165) is 34.2 Å². The smallest absolute Gasteiger partial charge is 0.255 e. The molecule has 1 saturated carbocycles. The number of oxazole rings is 1. The largest absolute Gasteiger partial charge is 0.457 e. The molecular formula is C30H22N4O4S. The Labute approximate surface area is 227 Å². The van der Waals surface area contributed by atoms with Gasteiger partial charge < -0.3 is 14.5 Å². The number of benzene rings is 3. The molecule has 9 heteroatoms. The van der Waals surface area contributed by atoms with E-state index in [1.165, 1.54) is 24.0 Å². The molecule has 0 saturated heterocycles.